The van der Waals surface area contributed by atoms with Gasteiger partial charge in [0.15, 0.2) is 9.84 Å². The molecule has 0 saturated carbocycles. The van der Waals surface area contributed by atoms with Crippen LogP contribution in [0, 0.1) is 0 Å². The largest absolute Gasteiger partial charge is 0.496 e. The number of aromatic carboxylic acids is 1. The van der Waals surface area contributed by atoms with Crippen molar-refractivity contribution in [2.24, 2.45) is 0 Å². The predicted molar refractivity (Wildman–Crippen MR) is 68.1 cm³/mol. The molecule has 2 rings (SSSR count). The summed E-state index contributed by atoms with van der Waals surface area (Å²) in [5.74, 6) is -0.972. The molecule has 18 heavy (non-hydrogen) atoms. The van der Waals surface area contributed by atoms with Gasteiger partial charge in [0, 0.05) is 12.0 Å². The maximum atomic E-state index is 12.1. The third-order valence-electron chi connectivity index (χ3n) is 2.94. The second-order valence-corrected chi connectivity index (χ2v) is 7.28. The molecule has 0 bridgehead atoms. The molecule has 0 spiro atoms. The number of hydrogen-bond acceptors (Lipinski definition) is 5. The van der Waals surface area contributed by atoms with Gasteiger partial charge in [-0.05, 0) is 18.4 Å². The monoisotopic (exact) mass is 288 g/mol. The van der Waals surface area contributed by atoms with Crippen LogP contribution in [-0.2, 0) is 16.3 Å². The van der Waals surface area contributed by atoms with E-state index < -0.39 is 20.4 Å². The van der Waals surface area contributed by atoms with Crippen LogP contribution < -0.4 is 4.74 Å². The summed E-state index contributed by atoms with van der Waals surface area (Å²) >= 11 is 1.24. The summed E-state index contributed by atoms with van der Waals surface area (Å²) in [6.07, 6.45) is 2.00. The smallest absolute Gasteiger partial charge is 0.339 e. The molecule has 7 heteroatoms. The maximum Gasteiger partial charge on any atom is 0.339 e. The van der Waals surface area contributed by atoms with Crippen LogP contribution in [0.25, 0.3) is 0 Å². The Morgan fingerprint density at radius 1 is 1.50 bits per heavy atom. The first-order chi connectivity index (χ1) is 8.43. The highest BCUT2D eigenvalue weighted by Gasteiger charge is 2.39. The average Bonchev–Trinajstić information content (AvgIpc) is 2.59. The van der Waals surface area contributed by atoms with Crippen molar-refractivity contribution >= 4 is 27.6 Å². The standard InChI is InChI=1S/C11H12O5S2/c1-16-10-6(11(12)13)3-4-8-7(10)5-9(17-2)18(8,14)15/h3-4,9H,5H2,1-2H3,(H,12,13). The van der Waals surface area contributed by atoms with Gasteiger partial charge in [-0.2, -0.15) is 0 Å². The normalized spacial score (nSPS) is 20.4. The first kappa shape index (κ1) is 13.2. The molecule has 1 atom stereocenters. The quantitative estimate of drug-likeness (QED) is 0.906. The molecule has 0 aromatic heterocycles. The summed E-state index contributed by atoms with van der Waals surface area (Å²) in [6, 6.07) is 2.63. The zero-order valence-electron chi connectivity index (χ0n) is 9.84. The minimum atomic E-state index is -3.38. The molecule has 1 heterocycles. The van der Waals surface area contributed by atoms with Crippen molar-refractivity contribution in [3.8, 4) is 5.75 Å². The second kappa shape index (κ2) is 4.47. The minimum absolute atomic E-state index is 0.00629. The van der Waals surface area contributed by atoms with Crippen molar-refractivity contribution in [2.45, 2.75) is 15.9 Å². The number of carbonyl (C=O) groups is 1. The summed E-state index contributed by atoms with van der Waals surface area (Å²) in [5, 5.41) is 9.05. The third-order valence-corrected chi connectivity index (χ3v) is 6.82. The van der Waals surface area contributed by atoms with E-state index in [1.807, 2.05) is 0 Å². The number of hydrogen-bond donors (Lipinski definition) is 1. The fourth-order valence-corrected chi connectivity index (χ4v) is 5.20. The summed E-state index contributed by atoms with van der Waals surface area (Å²) in [4.78, 5) is 11.2. The van der Waals surface area contributed by atoms with E-state index in [1.165, 1.54) is 31.0 Å². The van der Waals surface area contributed by atoms with Crippen molar-refractivity contribution in [3.05, 3.63) is 23.3 Å². The third kappa shape index (κ3) is 1.78. The van der Waals surface area contributed by atoms with Gasteiger partial charge in [-0.3, -0.25) is 0 Å². The lowest BCUT2D eigenvalue weighted by Crippen LogP contribution is -2.11. The van der Waals surface area contributed by atoms with E-state index >= 15 is 0 Å². The van der Waals surface area contributed by atoms with Crippen molar-refractivity contribution in [3.63, 3.8) is 0 Å². The molecule has 0 amide bonds. The van der Waals surface area contributed by atoms with E-state index in [2.05, 4.69) is 0 Å². The number of ether oxygens (including phenoxy) is 1. The summed E-state index contributed by atoms with van der Waals surface area (Å²) in [5.41, 5.74) is 0.463. The molecule has 1 aliphatic heterocycles. The molecule has 0 fully saturated rings. The number of thioether (sulfide) groups is 1. The van der Waals surface area contributed by atoms with Gasteiger partial charge in [0.2, 0.25) is 0 Å². The fraction of sp³-hybridized carbons (Fsp3) is 0.364. The van der Waals surface area contributed by atoms with Crippen LogP contribution in [-0.4, -0.2) is 37.4 Å². The van der Waals surface area contributed by atoms with Gasteiger partial charge in [-0.25, -0.2) is 13.2 Å². The van der Waals surface area contributed by atoms with Crippen molar-refractivity contribution in [1.82, 2.24) is 0 Å². The highest BCUT2D eigenvalue weighted by molar-refractivity contribution is 8.13. The number of carboxylic acid groups (broad SMARTS) is 1. The molecule has 98 valence electrons. The maximum absolute atomic E-state index is 12.1. The Kier molecular flexibility index (Phi) is 3.29. The molecular weight excluding hydrogens is 276 g/mol. The molecule has 1 unspecified atom stereocenters. The molecule has 1 aliphatic rings. The Bertz CT molecular complexity index is 606. The Balaban J connectivity index is 2.70. The summed E-state index contributed by atoms with van der Waals surface area (Å²) in [7, 11) is -2.03. The Labute approximate surface area is 109 Å². The van der Waals surface area contributed by atoms with E-state index in [0.29, 0.717) is 5.56 Å². The molecular formula is C11H12O5S2. The van der Waals surface area contributed by atoms with E-state index in [0.717, 1.165) is 0 Å². The van der Waals surface area contributed by atoms with Crippen LogP contribution in [0.15, 0.2) is 17.0 Å². The Hall–Kier alpha value is -1.21. The van der Waals surface area contributed by atoms with Gasteiger partial charge >= 0.3 is 5.97 Å². The van der Waals surface area contributed by atoms with Gasteiger partial charge in [0.1, 0.15) is 15.9 Å². The highest BCUT2D eigenvalue weighted by Crippen LogP contribution is 2.42. The molecule has 1 aromatic rings. The number of benzene rings is 1. The number of fused-ring (bicyclic) bond motifs is 1. The number of carboxylic acids is 1. The lowest BCUT2D eigenvalue weighted by atomic mass is 10.1. The first-order valence-electron chi connectivity index (χ1n) is 5.13. The van der Waals surface area contributed by atoms with Crippen LogP contribution in [0.4, 0.5) is 0 Å². The van der Waals surface area contributed by atoms with Crippen LogP contribution in [0.5, 0.6) is 5.75 Å². The average molecular weight is 288 g/mol. The number of methoxy groups -OCH3 is 1. The van der Waals surface area contributed by atoms with Crippen LogP contribution in [0.2, 0.25) is 0 Å². The van der Waals surface area contributed by atoms with Crippen molar-refractivity contribution < 1.29 is 23.1 Å². The number of sulfone groups is 1. The zero-order valence-corrected chi connectivity index (χ0v) is 11.5. The van der Waals surface area contributed by atoms with Gasteiger partial charge in [0.05, 0.1) is 12.0 Å². The Morgan fingerprint density at radius 3 is 2.67 bits per heavy atom. The molecule has 0 aliphatic carbocycles. The van der Waals surface area contributed by atoms with Gasteiger partial charge < -0.3 is 9.84 Å². The van der Waals surface area contributed by atoms with E-state index in [4.69, 9.17) is 9.84 Å². The predicted octanol–water partition coefficient (Wildman–Crippen LogP) is 1.41. The SMILES string of the molecule is COc1c(C(=O)O)ccc2c1CC(SC)S2(=O)=O. The van der Waals surface area contributed by atoms with Crippen LogP contribution >= 0.6 is 11.8 Å². The van der Waals surface area contributed by atoms with E-state index in [1.54, 1.807) is 6.26 Å². The van der Waals surface area contributed by atoms with Crippen molar-refractivity contribution in [2.75, 3.05) is 13.4 Å². The summed E-state index contributed by atoms with van der Waals surface area (Å²) in [6.45, 7) is 0. The molecule has 5 nitrogen and oxygen atoms in total. The lowest BCUT2D eigenvalue weighted by Gasteiger charge is -2.09. The topological polar surface area (TPSA) is 80.7 Å². The van der Waals surface area contributed by atoms with Gasteiger partial charge in [0.25, 0.3) is 0 Å². The second-order valence-electron chi connectivity index (χ2n) is 3.84. The Morgan fingerprint density at radius 2 is 2.17 bits per heavy atom. The van der Waals surface area contributed by atoms with Crippen molar-refractivity contribution in [1.29, 1.82) is 0 Å². The number of rotatable bonds is 3. The van der Waals surface area contributed by atoms with Gasteiger partial charge in [-0.15, -0.1) is 11.8 Å². The molecule has 0 radical (unpaired) electrons. The van der Waals surface area contributed by atoms with E-state index in [-0.39, 0.29) is 22.6 Å². The minimum Gasteiger partial charge on any atom is -0.496 e. The van der Waals surface area contributed by atoms with Gasteiger partial charge in [-0.1, -0.05) is 0 Å². The highest BCUT2D eigenvalue weighted by atomic mass is 32.3. The summed E-state index contributed by atoms with van der Waals surface area (Å²) < 4.78 is 28.8. The van der Waals surface area contributed by atoms with Crippen LogP contribution in [0.1, 0.15) is 15.9 Å². The first-order valence-corrected chi connectivity index (χ1v) is 7.96. The molecule has 0 saturated heterocycles. The fourth-order valence-electron chi connectivity index (χ4n) is 2.10. The zero-order chi connectivity index (χ0) is 13.5. The van der Waals surface area contributed by atoms with E-state index in [9.17, 15) is 13.2 Å². The molecule has 1 aromatic carbocycles. The lowest BCUT2D eigenvalue weighted by molar-refractivity contribution is 0.0693. The van der Waals surface area contributed by atoms with Crippen LogP contribution in [0.3, 0.4) is 0 Å². The molecule has 1 N–H and O–H groups in total.